The minimum Gasteiger partial charge on any atom is -0.465 e. The molecule has 4 heteroatoms. The van der Waals surface area contributed by atoms with Crippen molar-refractivity contribution in [1.29, 1.82) is 0 Å². The third-order valence-electron chi connectivity index (χ3n) is 5.24. The Balaban J connectivity index is 1.57. The second-order valence-electron chi connectivity index (χ2n) is 6.48. The molecule has 0 aromatic heterocycles. The van der Waals surface area contributed by atoms with E-state index in [9.17, 15) is 9.59 Å². The zero-order valence-corrected chi connectivity index (χ0v) is 11.6. The van der Waals surface area contributed by atoms with Crippen molar-refractivity contribution in [3.8, 4) is 0 Å². The monoisotopic (exact) mass is 265 g/mol. The minimum absolute atomic E-state index is 0.0233. The first-order valence-corrected chi connectivity index (χ1v) is 7.60. The number of carbonyl (C=O) groups excluding carboxylic acids is 2. The lowest BCUT2D eigenvalue weighted by atomic mass is 9.51. The van der Waals surface area contributed by atoms with Crippen molar-refractivity contribution in [2.45, 2.75) is 39.0 Å². The van der Waals surface area contributed by atoms with Gasteiger partial charge >= 0.3 is 5.97 Å². The number of hydrogen-bond acceptors (Lipinski definition) is 3. The quantitative estimate of drug-likeness (QED) is 0.788. The van der Waals surface area contributed by atoms with Gasteiger partial charge in [0, 0.05) is 5.92 Å². The lowest BCUT2D eigenvalue weighted by Crippen LogP contribution is -2.51. The standard InChI is InChI=1S/C15H23NO3/c1-2-19-13(17)8-16-15(18)14-11-4-9-3-10(6-11)7-12(14)5-9/h9-12,14H,2-8H2,1H3,(H,16,18). The number of nitrogens with one attached hydrogen (secondary N) is 1. The topological polar surface area (TPSA) is 55.4 Å². The van der Waals surface area contributed by atoms with Gasteiger partial charge in [-0.25, -0.2) is 0 Å². The van der Waals surface area contributed by atoms with Gasteiger partial charge in [0.1, 0.15) is 6.54 Å². The summed E-state index contributed by atoms with van der Waals surface area (Å²) >= 11 is 0. The summed E-state index contributed by atoms with van der Waals surface area (Å²) in [6.45, 7) is 2.17. The minimum atomic E-state index is -0.334. The summed E-state index contributed by atoms with van der Waals surface area (Å²) in [7, 11) is 0. The molecule has 0 saturated heterocycles. The third kappa shape index (κ3) is 2.49. The summed E-state index contributed by atoms with van der Waals surface area (Å²) in [4.78, 5) is 23.6. The molecule has 0 aliphatic heterocycles. The maximum absolute atomic E-state index is 12.3. The molecule has 4 rings (SSSR count). The molecule has 4 nitrogen and oxygen atoms in total. The van der Waals surface area contributed by atoms with E-state index >= 15 is 0 Å². The van der Waals surface area contributed by atoms with Crippen molar-refractivity contribution < 1.29 is 14.3 Å². The molecule has 106 valence electrons. The first-order chi connectivity index (χ1) is 9.17. The van der Waals surface area contributed by atoms with Gasteiger partial charge in [-0.1, -0.05) is 0 Å². The fourth-order valence-electron chi connectivity index (χ4n) is 4.84. The van der Waals surface area contributed by atoms with Gasteiger partial charge in [0.2, 0.25) is 5.91 Å². The summed E-state index contributed by atoms with van der Waals surface area (Å²) in [6.07, 6.45) is 6.30. The highest BCUT2D eigenvalue weighted by Gasteiger charge is 2.50. The molecule has 0 atom stereocenters. The Kier molecular flexibility index (Phi) is 3.50. The van der Waals surface area contributed by atoms with E-state index in [2.05, 4.69) is 5.32 Å². The van der Waals surface area contributed by atoms with Crippen molar-refractivity contribution >= 4 is 11.9 Å². The van der Waals surface area contributed by atoms with Gasteiger partial charge in [-0.3, -0.25) is 9.59 Å². The molecule has 1 N–H and O–H groups in total. The summed E-state index contributed by atoms with van der Waals surface area (Å²) in [6, 6.07) is 0. The van der Waals surface area contributed by atoms with Crippen LogP contribution in [0.1, 0.15) is 39.0 Å². The predicted octanol–water partition coefficient (Wildman–Crippen LogP) is 1.74. The molecule has 0 unspecified atom stereocenters. The Morgan fingerprint density at radius 3 is 2.16 bits per heavy atom. The maximum atomic E-state index is 12.3. The van der Waals surface area contributed by atoms with Crippen LogP contribution in [0, 0.1) is 29.6 Å². The highest BCUT2D eigenvalue weighted by atomic mass is 16.5. The Labute approximate surface area is 114 Å². The highest BCUT2D eigenvalue weighted by molar-refractivity contribution is 5.84. The average Bonchev–Trinajstić information content (AvgIpc) is 2.35. The van der Waals surface area contributed by atoms with Crippen LogP contribution in [-0.4, -0.2) is 25.0 Å². The van der Waals surface area contributed by atoms with Crippen LogP contribution in [0.4, 0.5) is 0 Å². The first-order valence-electron chi connectivity index (χ1n) is 7.60. The lowest BCUT2D eigenvalue weighted by Gasteiger charge is -2.53. The van der Waals surface area contributed by atoms with Crippen LogP contribution in [0.2, 0.25) is 0 Å². The van der Waals surface area contributed by atoms with E-state index in [4.69, 9.17) is 4.74 Å². The normalized spacial score (nSPS) is 39.1. The Bertz CT molecular complexity index is 352. The first kappa shape index (κ1) is 12.9. The molecule has 19 heavy (non-hydrogen) atoms. The molecular formula is C15H23NO3. The fraction of sp³-hybridized carbons (Fsp3) is 0.867. The van der Waals surface area contributed by atoms with Gasteiger partial charge in [-0.05, 0) is 62.7 Å². The zero-order chi connectivity index (χ0) is 13.4. The van der Waals surface area contributed by atoms with E-state index < -0.39 is 0 Å². The van der Waals surface area contributed by atoms with Crippen LogP contribution in [0.5, 0.6) is 0 Å². The van der Waals surface area contributed by atoms with Crippen LogP contribution < -0.4 is 5.32 Å². The van der Waals surface area contributed by atoms with Gasteiger partial charge < -0.3 is 10.1 Å². The van der Waals surface area contributed by atoms with Gasteiger partial charge in [-0.2, -0.15) is 0 Å². The van der Waals surface area contributed by atoms with Crippen LogP contribution in [0.3, 0.4) is 0 Å². The molecule has 4 bridgehead atoms. The van der Waals surface area contributed by atoms with Gasteiger partial charge in [0.15, 0.2) is 0 Å². The van der Waals surface area contributed by atoms with Crippen LogP contribution >= 0.6 is 0 Å². The Hall–Kier alpha value is -1.06. The molecule has 0 heterocycles. The van der Waals surface area contributed by atoms with Crippen molar-refractivity contribution in [2.24, 2.45) is 29.6 Å². The number of carbonyl (C=O) groups is 2. The summed E-state index contributed by atoms with van der Waals surface area (Å²) in [5, 5.41) is 2.78. The van der Waals surface area contributed by atoms with E-state index in [1.165, 1.54) is 32.1 Å². The lowest BCUT2D eigenvalue weighted by molar-refractivity contribution is -0.146. The van der Waals surface area contributed by atoms with Crippen LogP contribution in [-0.2, 0) is 14.3 Å². The SMILES string of the molecule is CCOC(=O)CNC(=O)C1C2CC3CC(C2)CC1C3. The third-order valence-corrected chi connectivity index (χ3v) is 5.24. The second-order valence-corrected chi connectivity index (χ2v) is 6.48. The zero-order valence-electron chi connectivity index (χ0n) is 11.6. The van der Waals surface area contributed by atoms with Crippen LogP contribution in [0.15, 0.2) is 0 Å². The van der Waals surface area contributed by atoms with Crippen molar-refractivity contribution in [1.82, 2.24) is 5.32 Å². The molecule has 4 fully saturated rings. The van der Waals surface area contributed by atoms with Gasteiger partial charge in [0.25, 0.3) is 0 Å². The smallest absolute Gasteiger partial charge is 0.325 e. The van der Waals surface area contributed by atoms with Crippen molar-refractivity contribution in [3.05, 3.63) is 0 Å². The Morgan fingerprint density at radius 1 is 1.05 bits per heavy atom. The molecule has 4 aliphatic rings. The molecule has 0 spiro atoms. The summed E-state index contributed by atoms with van der Waals surface area (Å²) in [5.41, 5.74) is 0. The molecule has 1 amide bonds. The Morgan fingerprint density at radius 2 is 1.63 bits per heavy atom. The summed E-state index contributed by atoms with van der Waals surface area (Å²) < 4.78 is 4.84. The number of amides is 1. The van der Waals surface area contributed by atoms with Gasteiger partial charge in [-0.15, -0.1) is 0 Å². The number of esters is 1. The molecule has 4 saturated carbocycles. The molecule has 4 aliphatic carbocycles. The molecule has 0 aromatic carbocycles. The molecular weight excluding hydrogens is 242 g/mol. The largest absolute Gasteiger partial charge is 0.465 e. The van der Waals surface area contributed by atoms with E-state index in [-0.39, 0.29) is 24.3 Å². The summed E-state index contributed by atoms with van der Waals surface area (Å²) in [5.74, 6) is 2.79. The van der Waals surface area contributed by atoms with Gasteiger partial charge in [0.05, 0.1) is 6.61 Å². The van der Waals surface area contributed by atoms with E-state index in [1.54, 1.807) is 6.92 Å². The maximum Gasteiger partial charge on any atom is 0.325 e. The van der Waals surface area contributed by atoms with Crippen molar-refractivity contribution in [2.75, 3.05) is 13.2 Å². The average molecular weight is 265 g/mol. The van der Waals surface area contributed by atoms with E-state index in [0.717, 1.165) is 11.8 Å². The fourth-order valence-corrected chi connectivity index (χ4v) is 4.84. The molecule has 0 aromatic rings. The van der Waals surface area contributed by atoms with Crippen molar-refractivity contribution in [3.63, 3.8) is 0 Å². The van der Waals surface area contributed by atoms with E-state index in [0.29, 0.717) is 18.4 Å². The second kappa shape index (κ2) is 5.14. The highest BCUT2D eigenvalue weighted by Crippen LogP contribution is 2.56. The predicted molar refractivity (Wildman–Crippen MR) is 70.2 cm³/mol. The molecule has 0 radical (unpaired) electrons. The number of hydrogen-bond donors (Lipinski definition) is 1. The van der Waals surface area contributed by atoms with E-state index in [1.807, 2.05) is 0 Å². The number of rotatable bonds is 4. The van der Waals surface area contributed by atoms with Crippen LogP contribution in [0.25, 0.3) is 0 Å². The number of ether oxygens (including phenoxy) is 1.